The van der Waals surface area contributed by atoms with Crippen LogP contribution in [0.1, 0.15) is 20.7 Å². The highest BCUT2D eigenvalue weighted by molar-refractivity contribution is 6.36. The van der Waals surface area contributed by atoms with E-state index in [0.717, 1.165) is 12.1 Å². The molecule has 5 nitrogen and oxygen atoms in total. The van der Waals surface area contributed by atoms with Crippen molar-refractivity contribution < 1.29 is 23.5 Å². The highest BCUT2D eigenvalue weighted by Gasteiger charge is 2.14. The Labute approximate surface area is 152 Å². The van der Waals surface area contributed by atoms with Crippen LogP contribution in [0.3, 0.4) is 0 Å². The molecule has 0 bridgehead atoms. The lowest BCUT2D eigenvalue weighted by Gasteiger charge is -2.07. The number of rotatable bonds is 6. The number of esters is 1. The van der Waals surface area contributed by atoms with Crippen molar-refractivity contribution in [3.63, 3.8) is 0 Å². The lowest BCUT2D eigenvalue weighted by molar-refractivity contribution is -0.141. The number of carbonyl (C=O) groups excluding carboxylic acids is 3. The van der Waals surface area contributed by atoms with Gasteiger partial charge in [0.15, 0.2) is 12.4 Å². The van der Waals surface area contributed by atoms with Gasteiger partial charge in [-0.3, -0.25) is 14.4 Å². The maximum atomic E-state index is 12.8. The van der Waals surface area contributed by atoms with Gasteiger partial charge in [-0.1, -0.05) is 23.2 Å². The summed E-state index contributed by atoms with van der Waals surface area (Å²) >= 11 is 11.6. The number of carbonyl (C=O) groups is 3. The Bertz CT molecular complexity index is 809. The molecule has 25 heavy (non-hydrogen) atoms. The number of halogens is 3. The zero-order valence-electron chi connectivity index (χ0n) is 12.7. The van der Waals surface area contributed by atoms with E-state index < -0.39 is 36.6 Å². The molecule has 0 heterocycles. The lowest BCUT2D eigenvalue weighted by Crippen LogP contribution is -2.31. The van der Waals surface area contributed by atoms with Crippen LogP contribution in [0.15, 0.2) is 42.5 Å². The number of hydrogen-bond donors (Lipinski definition) is 1. The monoisotopic (exact) mass is 383 g/mol. The van der Waals surface area contributed by atoms with Gasteiger partial charge in [-0.25, -0.2) is 4.39 Å². The topological polar surface area (TPSA) is 72.5 Å². The van der Waals surface area contributed by atoms with Crippen molar-refractivity contribution in [1.82, 2.24) is 5.32 Å². The number of ketones is 1. The molecule has 2 aromatic rings. The minimum atomic E-state index is -0.797. The van der Waals surface area contributed by atoms with Gasteiger partial charge in [0.1, 0.15) is 12.4 Å². The molecule has 0 spiro atoms. The van der Waals surface area contributed by atoms with Gasteiger partial charge in [-0.15, -0.1) is 0 Å². The minimum Gasteiger partial charge on any atom is -0.456 e. The number of ether oxygens (including phenoxy) is 1. The molecule has 0 aliphatic heterocycles. The maximum Gasteiger partial charge on any atom is 0.325 e. The first-order valence-corrected chi connectivity index (χ1v) is 7.80. The van der Waals surface area contributed by atoms with E-state index in [0.29, 0.717) is 5.02 Å². The number of amides is 1. The largest absolute Gasteiger partial charge is 0.456 e. The first kappa shape index (κ1) is 18.9. The molecule has 1 amide bonds. The molecule has 0 saturated carbocycles. The Hall–Kier alpha value is -2.44. The first-order valence-electron chi connectivity index (χ1n) is 7.04. The van der Waals surface area contributed by atoms with Gasteiger partial charge in [0, 0.05) is 10.6 Å². The second-order valence-corrected chi connectivity index (χ2v) is 5.74. The molecule has 0 radical (unpaired) electrons. The summed E-state index contributed by atoms with van der Waals surface area (Å²) in [6.07, 6.45) is 0. The SMILES string of the molecule is O=C(CNC(=O)c1ccc(Cl)cc1Cl)OCC(=O)c1ccc(F)cc1. The van der Waals surface area contributed by atoms with Gasteiger partial charge in [-0.2, -0.15) is 0 Å². The van der Waals surface area contributed by atoms with Gasteiger partial charge in [-0.05, 0) is 42.5 Å². The molecule has 0 atom stereocenters. The van der Waals surface area contributed by atoms with Crippen LogP contribution in [0.4, 0.5) is 4.39 Å². The van der Waals surface area contributed by atoms with Crippen molar-refractivity contribution >= 4 is 40.9 Å². The van der Waals surface area contributed by atoms with Crippen LogP contribution in [-0.2, 0) is 9.53 Å². The standard InChI is InChI=1S/C17H12Cl2FNO4/c18-11-3-6-13(14(19)7-11)17(24)21-8-16(23)25-9-15(22)10-1-4-12(20)5-2-10/h1-7H,8-9H2,(H,21,24). The molecule has 130 valence electrons. The number of hydrogen-bond acceptors (Lipinski definition) is 4. The molecule has 1 N–H and O–H groups in total. The lowest BCUT2D eigenvalue weighted by atomic mass is 10.1. The van der Waals surface area contributed by atoms with Crippen molar-refractivity contribution in [2.75, 3.05) is 13.2 Å². The minimum absolute atomic E-state index is 0.143. The normalized spacial score (nSPS) is 10.2. The van der Waals surface area contributed by atoms with Gasteiger partial charge in [0.25, 0.3) is 5.91 Å². The third-order valence-corrected chi connectivity index (χ3v) is 3.65. The molecular weight excluding hydrogens is 372 g/mol. The summed E-state index contributed by atoms with van der Waals surface area (Å²) in [5, 5.41) is 2.85. The van der Waals surface area contributed by atoms with Crippen molar-refractivity contribution in [2.45, 2.75) is 0 Å². The third-order valence-electron chi connectivity index (χ3n) is 3.10. The van der Waals surface area contributed by atoms with E-state index in [4.69, 9.17) is 27.9 Å². The molecule has 8 heteroatoms. The van der Waals surface area contributed by atoms with Crippen LogP contribution < -0.4 is 5.32 Å². The van der Waals surface area contributed by atoms with Gasteiger partial charge in [0.05, 0.1) is 10.6 Å². The van der Waals surface area contributed by atoms with Gasteiger partial charge < -0.3 is 10.1 Å². The predicted molar refractivity (Wildman–Crippen MR) is 90.5 cm³/mol. The van der Waals surface area contributed by atoms with Crippen molar-refractivity contribution in [3.8, 4) is 0 Å². The van der Waals surface area contributed by atoms with Gasteiger partial charge >= 0.3 is 5.97 Å². The molecule has 0 aliphatic rings. The van der Waals surface area contributed by atoms with Crippen molar-refractivity contribution in [1.29, 1.82) is 0 Å². The Kier molecular flexibility index (Phi) is 6.50. The zero-order valence-corrected chi connectivity index (χ0v) is 14.2. The van der Waals surface area contributed by atoms with Crippen LogP contribution in [0.2, 0.25) is 10.0 Å². The summed E-state index contributed by atoms with van der Waals surface area (Å²) in [5.74, 6) is -2.34. The summed E-state index contributed by atoms with van der Waals surface area (Å²) in [7, 11) is 0. The average Bonchev–Trinajstić information content (AvgIpc) is 2.58. The average molecular weight is 384 g/mol. The predicted octanol–water partition coefficient (Wildman–Crippen LogP) is 3.29. The second kappa shape index (κ2) is 8.60. The number of Topliss-reactive ketones (excluding diaryl/α,β-unsaturated/α-hetero) is 1. The summed E-state index contributed by atoms with van der Waals surface area (Å²) in [6.45, 7) is -0.948. The molecule has 2 aromatic carbocycles. The number of nitrogens with one attached hydrogen (secondary N) is 1. The first-order chi connectivity index (χ1) is 11.9. The second-order valence-electron chi connectivity index (χ2n) is 4.90. The van der Waals surface area contributed by atoms with E-state index in [9.17, 15) is 18.8 Å². The molecule has 2 rings (SSSR count). The van der Waals surface area contributed by atoms with E-state index in [-0.39, 0.29) is 16.1 Å². The Morgan fingerprint density at radius 3 is 2.36 bits per heavy atom. The molecule has 0 unspecified atom stereocenters. The van der Waals surface area contributed by atoms with E-state index in [2.05, 4.69) is 5.32 Å². The third kappa shape index (κ3) is 5.55. The Morgan fingerprint density at radius 1 is 1.04 bits per heavy atom. The van der Waals surface area contributed by atoms with Crippen LogP contribution in [-0.4, -0.2) is 30.8 Å². The molecule has 0 aromatic heterocycles. The molecule has 0 fully saturated rings. The van der Waals surface area contributed by atoms with Gasteiger partial charge in [0.2, 0.25) is 0 Å². The zero-order chi connectivity index (χ0) is 18.4. The van der Waals surface area contributed by atoms with Crippen LogP contribution in [0.25, 0.3) is 0 Å². The summed E-state index contributed by atoms with van der Waals surface area (Å²) in [6, 6.07) is 9.14. The quantitative estimate of drug-likeness (QED) is 0.613. The molecule has 0 saturated heterocycles. The highest BCUT2D eigenvalue weighted by Crippen LogP contribution is 2.20. The molecule has 0 aliphatic carbocycles. The van der Waals surface area contributed by atoms with Crippen LogP contribution >= 0.6 is 23.2 Å². The highest BCUT2D eigenvalue weighted by atomic mass is 35.5. The maximum absolute atomic E-state index is 12.8. The fourth-order valence-electron chi connectivity index (χ4n) is 1.84. The fraction of sp³-hybridized carbons (Fsp3) is 0.118. The van der Waals surface area contributed by atoms with Crippen LogP contribution in [0, 0.1) is 5.82 Å². The smallest absolute Gasteiger partial charge is 0.325 e. The summed E-state index contributed by atoms with van der Waals surface area (Å²) in [5.41, 5.74) is 0.368. The Morgan fingerprint density at radius 2 is 1.72 bits per heavy atom. The summed E-state index contributed by atoms with van der Waals surface area (Å²) < 4.78 is 17.6. The fourth-order valence-corrected chi connectivity index (χ4v) is 2.33. The van der Waals surface area contributed by atoms with E-state index >= 15 is 0 Å². The Balaban J connectivity index is 1.81. The van der Waals surface area contributed by atoms with E-state index in [1.165, 1.54) is 30.3 Å². The van der Waals surface area contributed by atoms with Crippen molar-refractivity contribution in [3.05, 3.63) is 69.5 Å². The number of benzene rings is 2. The van der Waals surface area contributed by atoms with Crippen LogP contribution in [0.5, 0.6) is 0 Å². The van der Waals surface area contributed by atoms with E-state index in [1.807, 2.05) is 0 Å². The molecular formula is C17H12Cl2FNO4. The van der Waals surface area contributed by atoms with Crippen molar-refractivity contribution in [2.24, 2.45) is 0 Å². The van der Waals surface area contributed by atoms with E-state index in [1.54, 1.807) is 0 Å². The summed E-state index contributed by atoms with van der Waals surface area (Å²) in [4.78, 5) is 35.3.